The normalized spacial score (nSPS) is 24.5. The molecule has 7 heteroatoms. The molecule has 0 spiro atoms. The van der Waals surface area contributed by atoms with E-state index in [1.165, 1.54) is 18.0 Å². The lowest BCUT2D eigenvalue weighted by atomic mass is 9.99. The first-order valence-electron chi connectivity index (χ1n) is 4.70. The van der Waals surface area contributed by atoms with E-state index in [0.717, 1.165) is 10.6 Å². The molecule has 0 radical (unpaired) electrons. The van der Waals surface area contributed by atoms with Crippen molar-refractivity contribution >= 4 is 17.7 Å². The minimum atomic E-state index is -1.22. The van der Waals surface area contributed by atoms with Gasteiger partial charge in [-0.1, -0.05) is 0 Å². The lowest BCUT2D eigenvalue weighted by Gasteiger charge is -2.25. The van der Waals surface area contributed by atoms with E-state index in [2.05, 4.69) is 4.98 Å². The largest absolute Gasteiger partial charge is 0.479 e. The number of aliphatic carboxylic acids is 1. The number of aromatic nitrogens is 2. The smallest absolute Gasteiger partial charge is 0.330 e. The van der Waals surface area contributed by atoms with E-state index in [0.29, 0.717) is 17.9 Å². The Balaban J connectivity index is 2.60. The van der Waals surface area contributed by atoms with Gasteiger partial charge in [-0.15, -0.1) is 0 Å². The van der Waals surface area contributed by atoms with Crippen molar-refractivity contribution in [2.24, 2.45) is 0 Å². The Morgan fingerprint density at radius 3 is 2.81 bits per heavy atom. The van der Waals surface area contributed by atoms with E-state index < -0.39 is 22.8 Å². The lowest BCUT2D eigenvalue weighted by Crippen LogP contribution is -2.49. The summed E-state index contributed by atoms with van der Waals surface area (Å²) in [6, 6.07) is 1.16. The van der Waals surface area contributed by atoms with Crippen molar-refractivity contribution in [3.8, 4) is 0 Å². The second-order valence-electron chi connectivity index (χ2n) is 3.62. The molecule has 0 bridgehead atoms. The molecule has 1 unspecified atom stereocenters. The van der Waals surface area contributed by atoms with Gasteiger partial charge in [-0.2, -0.15) is 11.8 Å². The summed E-state index contributed by atoms with van der Waals surface area (Å²) < 4.78 is 1.11. The molecule has 1 saturated heterocycles. The number of carboxylic acids is 1. The minimum Gasteiger partial charge on any atom is -0.479 e. The molecule has 86 valence electrons. The fourth-order valence-electron chi connectivity index (χ4n) is 1.77. The maximum absolute atomic E-state index is 11.6. The zero-order valence-electron chi connectivity index (χ0n) is 8.30. The number of H-pyrrole nitrogens is 1. The molecular formula is C9H10N2O4S. The van der Waals surface area contributed by atoms with Crippen LogP contribution in [-0.4, -0.2) is 32.1 Å². The molecule has 0 aromatic carbocycles. The standard InChI is InChI=1S/C9H10N2O4S/c12-6-1-3-11(8(15)10-6)9(7(13)14)2-4-16-5-9/h1,3H,2,4-5H2,(H,13,14)(H,10,12,15). The summed E-state index contributed by atoms with van der Waals surface area (Å²) in [5, 5.41) is 9.25. The van der Waals surface area contributed by atoms with E-state index in [4.69, 9.17) is 0 Å². The molecule has 0 saturated carbocycles. The first-order valence-corrected chi connectivity index (χ1v) is 5.85. The van der Waals surface area contributed by atoms with Crippen LogP contribution in [0.25, 0.3) is 0 Å². The number of hydrogen-bond acceptors (Lipinski definition) is 4. The summed E-state index contributed by atoms with van der Waals surface area (Å²) in [6.07, 6.45) is 1.64. The third kappa shape index (κ3) is 1.57. The molecule has 1 aromatic rings. The quantitative estimate of drug-likeness (QED) is 0.726. The van der Waals surface area contributed by atoms with Crippen molar-refractivity contribution in [1.82, 2.24) is 9.55 Å². The second-order valence-corrected chi connectivity index (χ2v) is 4.72. The van der Waals surface area contributed by atoms with Gasteiger partial charge in [0.25, 0.3) is 5.56 Å². The summed E-state index contributed by atoms with van der Waals surface area (Å²) in [4.78, 5) is 35.9. The number of thioether (sulfide) groups is 1. The molecule has 2 N–H and O–H groups in total. The maximum atomic E-state index is 11.6. The molecule has 2 rings (SSSR count). The zero-order chi connectivity index (χ0) is 11.8. The monoisotopic (exact) mass is 242 g/mol. The Labute approximate surface area is 94.3 Å². The van der Waals surface area contributed by atoms with E-state index in [-0.39, 0.29) is 0 Å². The highest BCUT2D eigenvalue weighted by Gasteiger charge is 2.44. The zero-order valence-corrected chi connectivity index (χ0v) is 9.12. The summed E-state index contributed by atoms with van der Waals surface area (Å²) in [6.45, 7) is 0. The minimum absolute atomic E-state index is 0.342. The van der Waals surface area contributed by atoms with Crippen LogP contribution in [0.15, 0.2) is 21.9 Å². The predicted molar refractivity (Wildman–Crippen MR) is 58.9 cm³/mol. The first kappa shape index (κ1) is 11.0. The summed E-state index contributed by atoms with van der Waals surface area (Å²) in [5.41, 5.74) is -2.41. The van der Waals surface area contributed by atoms with Crippen LogP contribution in [0.5, 0.6) is 0 Å². The van der Waals surface area contributed by atoms with Crippen LogP contribution < -0.4 is 11.2 Å². The summed E-state index contributed by atoms with van der Waals surface area (Å²) >= 11 is 1.48. The average molecular weight is 242 g/mol. The number of carboxylic acid groups (broad SMARTS) is 1. The van der Waals surface area contributed by atoms with E-state index in [9.17, 15) is 19.5 Å². The molecule has 1 aliphatic rings. The van der Waals surface area contributed by atoms with Crippen molar-refractivity contribution in [3.63, 3.8) is 0 Å². The molecule has 1 fully saturated rings. The molecule has 1 aromatic heterocycles. The molecule has 6 nitrogen and oxygen atoms in total. The predicted octanol–water partition coefficient (Wildman–Crippen LogP) is -0.547. The maximum Gasteiger partial charge on any atom is 0.330 e. The van der Waals surface area contributed by atoms with Crippen LogP contribution in [-0.2, 0) is 10.3 Å². The SMILES string of the molecule is O=C(O)C1(n2ccc(=O)[nH]c2=O)CCSC1. The van der Waals surface area contributed by atoms with Gasteiger partial charge in [-0.05, 0) is 12.2 Å². The van der Waals surface area contributed by atoms with Gasteiger partial charge in [0, 0.05) is 18.0 Å². The second kappa shape index (κ2) is 3.82. The van der Waals surface area contributed by atoms with Gasteiger partial charge < -0.3 is 5.11 Å². The average Bonchev–Trinajstić information content (AvgIpc) is 2.67. The van der Waals surface area contributed by atoms with Gasteiger partial charge in [0.15, 0.2) is 5.54 Å². The number of rotatable bonds is 2. The number of carbonyl (C=O) groups is 1. The fourth-order valence-corrected chi connectivity index (χ4v) is 3.14. The van der Waals surface area contributed by atoms with Crippen molar-refractivity contribution in [3.05, 3.63) is 33.1 Å². The third-order valence-corrected chi connectivity index (χ3v) is 3.86. The van der Waals surface area contributed by atoms with Gasteiger partial charge in [0.2, 0.25) is 0 Å². The van der Waals surface area contributed by atoms with Crippen molar-refractivity contribution < 1.29 is 9.90 Å². The van der Waals surface area contributed by atoms with Crippen molar-refractivity contribution in [2.45, 2.75) is 12.0 Å². The molecule has 0 aliphatic carbocycles. The highest BCUT2D eigenvalue weighted by molar-refractivity contribution is 7.99. The fraction of sp³-hybridized carbons (Fsp3) is 0.444. The van der Waals surface area contributed by atoms with Gasteiger partial charge in [0.05, 0.1) is 0 Å². The highest BCUT2D eigenvalue weighted by atomic mass is 32.2. The molecule has 1 aliphatic heterocycles. The van der Waals surface area contributed by atoms with E-state index >= 15 is 0 Å². The van der Waals surface area contributed by atoms with Crippen LogP contribution in [0.3, 0.4) is 0 Å². The lowest BCUT2D eigenvalue weighted by molar-refractivity contribution is -0.146. The summed E-state index contributed by atoms with van der Waals surface area (Å²) in [7, 11) is 0. The van der Waals surface area contributed by atoms with E-state index in [1.54, 1.807) is 0 Å². The van der Waals surface area contributed by atoms with Crippen LogP contribution in [0, 0.1) is 0 Å². The van der Waals surface area contributed by atoms with Crippen molar-refractivity contribution in [1.29, 1.82) is 0 Å². The Morgan fingerprint density at radius 2 is 2.31 bits per heavy atom. The number of hydrogen-bond donors (Lipinski definition) is 2. The van der Waals surface area contributed by atoms with Gasteiger partial charge in [-0.3, -0.25) is 14.3 Å². The van der Waals surface area contributed by atoms with Gasteiger partial charge in [0.1, 0.15) is 0 Å². The highest BCUT2D eigenvalue weighted by Crippen LogP contribution is 2.33. The van der Waals surface area contributed by atoms with Gasteiger partial charge in [-0.25, -0.2) is 9.59 Å². The first-order chi connectivity index (χ1) is 7.56. The summed E-state index contributed by atoms with van der Waals surface area (Å²) in [5.74, 6) is -0.00163. The van der Waals surface area contributed by atoms with Crippen LogP contribution in [0.4, 0.5) is 0 Å². The molecule has 2 heterocycles. The third-order valence-electron chi connectivity index (χ3n) is 2.68. The van der Waals surface area contributed by atoms with Gasteiger partial charge >= 0.3 is 11.7 Å². The Hall–Kier alpha value is -1.50. The Kier molecular flexibility index (Phi) is 2.63. The van der Waals surface area contributed by atoms with Crippen LogP contribution in [0.1, 0.15) is 6.42 Å². The Bertz CT molecular complexity index is 527. The molecule has 16 heavy (non-hydrogen) atoms. The van der Waals surface area contributed by atoms with E-state index in [1.807, 2.05) is 0 Å². The molecule has 1 atom stereocenters. The van der Waals surface area contributed by atoms with Crippen molar-refractivity contribution in [2.75, 3.05) is 11.5 Å². The molecule has 0 amide bonds. The topological polar surface area (TPSA) is 92.2 Å². The van der Waals surface area contributed by atoms with Crippen LogP contribution >= 0.6 is 11.8 Å². The number of aromatic amines is 1. The van der Waals surface area contributed by atoms with Crippen LogP contribution in [0.2, 0.25) is 0 Å². The number of nitrogens with zero attached hydrogens (tertiary/aromatic N) is 1. The number of nitrogens with one attached hydrogen (secondary N) is 1. The Morgan fingerprint density at radius 1 is 1.56 bits per heavy atom. The molecular weight excluding hydrogens is 232 g/mol.